The van der Waals surface area contributed by atoms with Gasteiger partial charge < -0.3 is 0 Å². The largest absolute Gasteiger partial charge is 0.442 e. The molecular weight excluding hydrogens is 243 g/mol. The van der Waals surface area contributed by atoms with E-state index in [1.807, 2.05) is 0 Å². The van der Waals surface area contributed by atoms with Gasteiger partial charge in [0, 0.05) is 6.08 Å². The molecule has 0 aliphatic rings. The fraction of sp³-hybridized carbons (Fsp3) is 0.667. The molecule has 9 heteroatoms. The molecule has 0 saturated heterocycles. The number of rotatable bonds is 2. The smallest absolute Gasteiger partial charge is 0.202 e. The quantitative estimate of drug-likeness (QED) is 0.646. The summed E-state index contributed by atoms with van der Waals surface area (Å²) >= 11 is 0. The average Bonchev–Trinajstić information content (AvgIpc) is 1.76. The predicted octanol–water partition coefficient (Wildman–Crippen LogP) is 3.99. The van der Waals surface area contributed by atoms with Gasteiger partial charge in [0.1, 0.15) is 6.42 Å². The first-order valence-electron chi connectivity index (χ1n) is 3.24. The lowest BCUT2D eigenvalue weighted by atomic mass is 10.2. The van der Waals surface area contributed by atoms with E-state index in [0.29, 0.717) is 0 Å². The van der Waals surface area contributed by atoms with Crippen molar-refractivity contribution in [2.24, 2.45) is 0 Å². The summed E-state index contributed by atoms with van der Waals surface area (Å²) in [7, 11) is 0. The Morgan fingerprint density at radius 1 is 0.867 bits per heavy atom. The van der Waals surface area contributed by atoms with Crippen molar-refractivity contribution in [3.8, 4) is 0 Å². The Morgan fingerprint density at radius 2 is 1.27 bits per heavy atom. The van der Waals surface area contributed by atoms with E-state index in [1.165, 1.54) is 0 Å². The van der Waals surface area contributed by atoms with Crippen molar-refractivity contribution < 1.29 is 39.5 Å². The zero-order chi connectivity index (χ0) is 12.5. The maximum atomic E-state index is 12.2. The molecule has 0 spiro atoms. The van der Waals surface area contributed by atoms with E-state index in [-0.39, 0.29) is 0 Å². The minimum atomic E-state index is -5.71. The summed E-state index contributed by atoms with van der Waals surface area (Å²) in [6, 6.07) is 0. The van der Waals surface area contributed by atoms with Crippen LogP contribution in [0.25, 0.3) is 0 Å². The molecule has 0 aliphatic heterocycles. The van der Waals surface area contributed by atoms with Crippen molar-refractivity contribution in [3.05, 3.63) is 11.9 Å². The first kappa shape index (κ1) is 14.1. The van der Waals surface area contributed by atoms with E-state index >= 15 is 0 Å². The van der Waals surface area contributed by atoms with Gasteiger partial charge in [-0.15, -0.1) is 0 Å². The van der Waals surface area contributed by atoms with Gasteiger partial charge >= 0.3 is 12.4 Å². The summed E-state index contributed by atoms with van der Waals surface area (Å²) in [5, 5.41) is 0. The zero-order valence-corrected chi connectivity index (χ0v) is 6.69. The molecule has 0 atom stereocenters. The zero-order valence-electron chi connectivity index (χ0n) is 6.69. The molecule has 0 unspecified atom stereocenters. The maximum absolute atomic E-state index is 12.2. The third kappa shape index (κ3) is 6.24. The van der Waals surface area contributed by atoms with Crippen molar-refractivity contribution in [3.63, 3.8) is 0 Å². The van der Waals surface area contributed by atoms with Gasteiger partial charge in [0.15, 0.2) is 0 Å². The highest BCUT2D eigenvalue weighted by Gasteiger charge is 2.45. The van der Waals surface area contributed by atoms with Gasteiger partial charge in [-0.2, -0.15) is 26.3 Å². The van der Waals surface area contributed by atoms with Crippen LogP contribution in [0.3, 0.4) is 0 Å². The van der Waals surface area contributed by atoms with Crippen molar-refractivity contribution in [2.75, 3.05) is 0 Å². The van der Waals surface area contributed by atoms with E-state index in [2.05, 4.69) is 0 Å². The van der Waals surface area contributed by atoms with Crippen LogP contribution in [-0.4, -0.2) is 18.3 Å². The fourth-order valence-corrected chi connectivity index (χ4v) is 0.586. The highest BCUT2D eigenvalue weighted by molar-refractivity contribution is 5.06. The maximum Gasteiger partial charge on any atom is 0.442 e. The Kier molecular flexibility index (Phi) is 3.70. The van der Waals surface area contributed by atoms with Crippen LogP contribution in [0.5, 0.6) is 0 Å². The summed E-state index contributed by atoms with van der Waals surface area (Å²) < 4.78 is 104. The average molecular weight is 246 g/mol. The Hall–Kier alpha value is -0.890. The molecule has 0 radical (unpaired) electrons. The van der Waals surface area contributed by atoms with Crippen LogP contribution < -0.4 is 0 Å². The van der Waals surface area contributed by atoms with Gasteiger partial charge in [0.05, 0.1) is 0 Å². The standard InChI is InChI=1S/C6H3F9/c7-3(6(13,14)15)1-4(8,9)2-5(10,11)12/h1H,2H2. The Balaban J connectivity index is 4.78. The summed E-state index contributed by atoms with van der Waals surface area (Å²) in [6.45, 7) is 0. The first-order chi connectivity index (χ1) is 6.33. The van der Waals surface area contributed by atoms with Gasteiger partial charge in [-0.25, -0.2) is 13.2 Å². The molecule has 15 heavy (non-hydrogen) atoms. The van der Waals surface area contributed by atoms with Gasteiger partial charge in [0.2, 0.25) is 5.83 Å². The molecule has 0 rings (SSSR count). The SMILES string of the molecule is FC(=CC(F)(F)CC(F)(F)F)C(F)(F)F. The number of allylic oxidation sites excluding steroid dienone is 2. The summed E-state index contributed by atoms with van der Waals surface area (Å²) in [4.78, 5) is 0. The van der Waals surface area contributed by atoms with Crippen LogP contribution in [-0.2, 0) is 0 Å². The Morgan fingerprint density at radius 3 is 1.53 bits per heavy atom. The van der Waals surface area contributed by atoms with E-state index < -0.39 is 36.6 Å². The molecule has 0 aromatic carbocycles. The molecule has 0 bridgehead atoms. The molecular formula is C6H3F9. The van der Waals surface area contributed by atoms with E-state index in [0.717, 1.165) is 0 Å². The molecule has 0 heterocycles. The van der Waals surface area contributed by atoms with Crippen LogP contribution >= 0.6 is 0 Å². The minimum Gasteiger partial charge on any atom is -0.202 e. The van der Waals surface area contributed by atoms with Crippen LogP contribution in [0.15, 0.2) is 11.9 Å². The first-order valence-corrected chi connectivity index (χ1v) is 3.24. The lowest BCUT2D eigenvalue weighted by Crippen LogP contribution is -2.25. The van der Waals surface area contributed by atoms with E-state index in [9.17, 15) is 39.5 Å². The molecule has 0 amide bonds. The normalized spacial score (nSPS) is 15.7. The van der Waals surface area contributed by atoms with E-state index in [4.69, 9.17) is 0 Å². The second-order valence-electron chi connectivity index (χ2n) is 2.54. The van der Waals surface area contributed by atoms with Crippen molar-refractivity contribution >= 4 is 0 Å². The van der Waals surface area contributed by atoms with Crippen LogP contribution in [0, 0.1) is 0 Å². The summed E-state index contributed by atoms with van der Waals surface area (Å²) in [5.41, 5.74) is 0. The molecule has 0 N–H and O–H groups in total. The van der Waals surface area contributed by atoms with Crippen LogP contribution in [0.4, 0.5) is 39.5 Å². The molecule has 0 aliphatic carbocycles. The minimum absolute atomic E-state index is 1.39. The van der Waals surface area contributed by atoms with Gasteiger partial charge in [-0.05, 0) is 0 Å². The highest BCUT2D eigenvalue weighted by atomic mass is 19.4. The summed E-state index contributed by atoms with van der Waals surface area (Å²) in [6.07, 6.45) is -15.3. The van der Waals surface area contributed by atoms with Crippen LogP contribution in [0.1, 0.15) is 6.42 Å². The monoisotopic (exact) mass is 246 g/mol. The van der Waals surface area contributed by atoms with E-state index in [1.54, 1.807) is 0 Å². The van der Waals surface area contributed by atoms with Crippen molar-refractivity contribution in [1.82, 2.24) is 0 Å². The third-order valence-electron chi connectivity index (χ3n) is 1.04. The van der Waals surface area contributed by atoms with Gasteiger partial charge in [-0.1, -0.05) is 0 Å². The van der Waals surface area contributed by atoms with Gasteiger partial charge in [0.25, 0.3) is 5.92 Å². The molecule has 90 valence electrons. The number of alkyl halides is 8. The number of halogens is 9. The van der Waals surface area contributed by atoms with Crippen LogP contribution in [0.2, 0.25) is 0 Å². The third-order valence-corrected chi connectivity index (χ3v) is 1.04. The second-order valence-corrected chi connectivity index (χ2v) is 2.54. The van der Waals surface area contributed by atoms with Crippen molar-refractivity contribution in [1.29, 1.82) is 0 Å². The Labute approximate surface area is 77.4 Å². The second kappa shape index (κ2) is 3.93. The lowest BCUT2D eigenvalue weighted by molar-refractivity contribution is -0.177. The number of hydrogen-bond donors (Lipinski definition) is 0. The Bertz CT molecular complexity index is 242. The molecule has 0 nitrogen and oxygen atoms in total. The highest BCUT2D eigenvalue weighted by Crippen LogP contribution is 2.36. The lowest BCUT2D eigenvalue weighted by Gasteiger charge is -2.15. The molecule has 0 aromatic heterocycles. The number of hydrogen-bond acceptors (Lipinski definition) is 0. The molecule has 0 saturated carbocycles. The van der Waals surface area contributed by atoms with Crippen molar-refractivity contribution in [2.45, 2.75) is 24.7 Å². The topological polar surface area (TPSA) is 0 Å². The summed E-state index contributed by atoms with van der Waals surface area (Å²) in [5.74, 6) is -8.17. The molecule has 0 aromatic rings. The van der Waals surface area contributed by atoms with Gasteiger partial charge in [-0.3, -0.25) is 0 Å². The predicted molar refractivity (Wildman–Crippen MR) is 30.9 cm³/mol. The fourth-order valence-electron chi connectivity index (χ4n) is 0.586. The molecule has 0 fully saturated rings.